The van der Waals surface area contributed by atoms with Crippen LogP contribution in [0, 0.1) is 6.92 Å². The molecule has 1 heteroatoms. The van der Waals surface area contributed by atoms with Crippen molar-refractivity contribution in [3.05, 3.63) is 208 Å². The summed E-state index contributed by atoms with van der Waals surface area (Å²) in [5, 5.41) is 0. The SMILES string of the molecule is Cc1c(-c2ccc3c(c2)C(C)(C)c2ccccc2-3)cc(N(c2ccc(C(C)(C)C)cc2)c2ccc3c(c2)C(C)(C)c2cc(C(C)(C)C)ccc2-3)cc1-c1ccc2c(c1)C(C)(C)c1ccccc1-2. The van der Waals surface area contributed by atoms with Gasteiger partial charge in [0.2, 0.25) is 0 Å². The lowest BCUT2D eigenvalue weighted by atomic mass is 9.79. The summed E-state index contributed by atoms with van der Waals surface area (Å²) in [5.41, 5.74) is 28.6. The van der Waals surface area contributed by atoms with Crippen LogP contribution in [0.1, 0.15) is 133 Å². The second kappa shape index (κ2) is 14.5. The summed E-state index contributed by atoms with van der Waals surface area (Å²) in [5.74, 6) is 0. The summed E-state index contributed by atoms with van der Waals surface area (Å²) in [4.78, 5) is 2.53. The highest BCUT2D eigenvalue weighted by Crippen LogP contribution is 2.55. The number of nitrogens with zero attached hydrogens (tertiary/aromatic N) is 1. The normalized spacial score (nSPS) is 15.6. The van der Waals surface area contributed by atoms with Crippen molar-refractivity contribution in [2.75, 3.05) is 4.90 Å². The van der Waals surface area contributed by atoms with Gasteiger partial charge in [0, 0.05) is 33.3 Å². The molecule has 0 bridgehead atoms. The smallest absolute Gasteiger partial charge is 0.0474 e. The van der Waals surface area contributed by atoms with E-state index in [0.717, 1.165) is 17.1 Å². The molecule has 67 heavy (non-hydrogen) atoms. The van der Waals surface area contributed by atoms with Gasteiger partial charge in [-0.2, -0.15) is 0 Å². The number of benzene rings is 8. The predicted octanol–water partition coefficient (Wildman–Crippen LogP) is 18.3. The molecule has 3 aliphatic carbocycles. The van der Waals surface area contributed by atoms with Crippen LogP contribution in [0.25, 0.3) is 55.6 Å². The molecule has 0 amide bonds. The molecule has 11 rings (SSSR count). The van der Waals surface area contributed by atoms with E-state index in [-0.39, 0.29) is 27.1 Å². The lowest BCUT2D eigenvalue weighted by Crippen LogP contribution is -2.18. The minimum Gasteiger partial charge on any atom is -0.310 e. The molecular formula is C66H65N. The van der Waals surface area contributed by atoms with Gasteiger partial charge < -0.3 is 4.90 Å². The zero-order valence-electron chi connectivity index (χ0n) is 42.0. The quantitative estimate of drug-likeness (QED) is 0.167. The van der Waals surface area contributed by atoms with Gasteiger partial charge >= 0.3 is 0 Å². The Kier molecular flexibility index (Phi) is 9.36. The molecule has 0 radical (unpaired) electrons. The van der Waals surface area contributed by atoms with Crippen LogP contribution in [0.2, 0.25) is 0 Å². The molecule has 0 N–H and O–H groups in total. The third-order valence-corrected chi connectivity index (χ3v) is 16.2. The van der Waals surface area contributed by atoms with Crippen LogP contribution in [0.3, 0.4) is 0 Å². The Morgan fingerprint density at radius 1 is 0.313 bits per heavy atom. The fourth-order valence-electron chi connectivity index (χ4n) is 12.1. The van der Waals surface area contributed by atoms with Crippen molar-refractivity contribution >= 4 is 17.1 Å². The Morgan fingerprint density at radius 2 is 0.687 bits per heavy atom. The Bertz CT molecular complexity index is 3210. The van der Waals surface area contributed by atoms with Crippen molar-refractivity contribution in [1.29, 1.82) is 0 Å². The molecule has 8 aromatic rings. The fraction of sp³-hybridized carbons (Fsp3) is 0.273. The number of hydrogen-bond acceptors (Lipinski definition) is 1. The average molecular weight is 872 g/mol. The van der Waals surface area contributed by atoms with Crippen molar-refractivity contribution in [3.63, 3.8) is 0 Å². The minimum absolute atomic E-state index is 0.0326. The van der Waals surface area contributed by atoms with Crippen molar-refractivity contribution in [1.82, 2.24) is 0 Å². The maximum Gasteiger partial charge on any atom is 0.0474 e. The first-order valence-electron chi connectivity index (χ1n) is 24.5. The average Bonchev–Trinajstić information content (AvgIpc) is 3.78. The van der Waals surface area contributed by atoms with E-state index >= 15 is 0 Å². The second-order valence-electron chi connectivity index (χ2n) is 23.5. The van der Waals surface area contributed by atoms with Gasteiger partial charge in [-0.05, 0) is 172 Å². The van der Waals surface area contributed by atoms with Gasteiger partial charge in [0.1, 0.15) is 0 Å². The molecule has 8 aromatic carbocycles. The standard InChI is InChI=1S/C66H65N/c1-40-54(41-22-30-50-48-18-14-16-20-56(48)64(8,9)58(50)34-41)37-47(38-55(40)42-23-31-51-49-19-15-17-21-57(49)65(10,11)59(51)35-42)67(45-27-24-43(25-28-45)62(2,3)4)46-29-33-53-52-32-26-44(63(5,6)7)36-60(52)66(12,13)61(53)39-46/h14-39H,1-13H3. The molecule has 0 fully saturated rings. The predicted molar refractivity (Wildman–Crippen MR) is 287 cm³/mol. The number of hydrogen-bond donors (Lipinski definition) is 0. The first-order chi connectivity index (χ1) is 31.7. The van der Waals surface area contributed by atoms with Crippen molar-refractivity contribution in [3.8, 4) is 55.6 Å². The van der Waals surface area contributed by atoms with Gasteiger partial charge in [0.25, 0.3) is 0 Å². The van der Waals surface area contributed by atoms with Gasteiger partial charge in [-0.3, -0.25) is 0 Å². The van der Waals surface area contributed by atoms with Crippen LogP contribution in [-0.4, -0.2) is 0 Å². The summed E-state index contributed by atoms with van der Waals surface area (Å²) < 4.78 is 0. The van der Waals surface area contributed by atoms with Crippen molar-refractivity contribution < 1.29 is 0 Å². The third-order valence-electron chi connectivity index (χ3n) is 16.2. The maximum absolute atomic E-state index is 2.53. The first kappa shape index (κ1) is 43.1. The Labute approximate surface area is 400 Å². The molecule has 0 aromatic heterocycles. The zero-order chi connectivity index (χ0) is 47.2. The van der Waals surface area contributed by atoms with Crippen LogP contribution in [0.5, 0.6) is 0 Å². The highest BCUT2D eigenvalue weighted by molar-refractivity contribution is 5.93. The van der Waals surface area contributed by atoms with Crippen LogP contribution in [-0.2, 0) is 27.1 Å². The Balaban J connectivity index is 1.15. The molecule has 334 valence electrons. The zero-order valence-corrected chi connectivity index (χ0v) is 42.0. The highest BCUT2D eigenvalue weighted by Gasteiger charge is 2.39. The summed E-state index contributed by atoms with van der Waals surface area (Å²) >= 11 is 0. The molecule has 3 aliphatic rings. The van der Waals surface area contributed by atoms with E-state index in [9.17, 15) is 0 Å². The monoisotopic (exact) mass is 872 g/mol. The van der Waals surface area contributed by atoms with Gasteiger partial charge in [0.15, 0.2) is 0 Å². The third kappa shape index (κ3) is 6.55. The summed E-state index contributed by atoms with van der Waals surface area (Å²) in [6, 6.07) is 61.2. The number of anilines is 3. The molecule has 0 saturated carbocycles. The largest absolute Gasteiger partial charge is 0.310 e. The summed E-state index contributed by atoms with van der Waals surface area (Å²) in [6.07, 6.45) is 0. The second-order valence-corrected chi connectivity index (χ2v) is 23.5. The topological polar surface area (TPSA) is 3.24 Å². The number of rotatable bonds is 5. The van der Waals surface area contributed by atoms with E-state index in [1.807, 2.05) is 0 Å². The summed E-state index contributed by atoms with van der Waals surface area (Å²) in [7, 11) is 0. The molecule has 0 heterocycles. The summed E-state index contributed by atoms with van der Waals surface area (Å²) in [6.45, 7) is 30.6. The van der Waals surface area contributed by atoms with Crippen LogP contribution in [0.4, 0.5) is 17.1 Å². The van der Waals surface area contributed by atoms with Gasteiger partial charge in [-0.1, -0.05) is 192 Å². The minimum atomic E-state index is -0.170. The van der Waals surface area contributed by atoms with E-state index in [1.54, 1.807) is 0 Å². The van der Waals surface area contributed by atoms with E-state index in [0.29, 0.717) is 0 Å². The maximum atomic E-state index is 2.53. The molecule has 0 saturated heterocycles. The molecule has 0 aliphatic heterocycles. The molecular weight excluding hydrogens is 807 g/mol. The van der Waals surface area contributed by atoms with E-state index in [1.165, 1.54) is 106 Å². The van der Waals surface area contributed by atoms with Gasteiger partial charge in [-0.25, -0.2) is 0 Å². The van der Waals surface area contributed by atoms with E-state index < -0.39 is 0 Å². The molecule has 0 unspecified atom stereocenters. The van der Waals surface area contributed by atoms with E-state index in [2.05, 4.69) is 253 Å². The van der Waals surface area contributed by atoms with Crippen LogP contribution < -0.4 is 4.90 Å². The van der Waals surface area contributed by atoms with Crippen molar-refractivity contribution in [2.45, 2.75) is 117 Å². The van der Waals surface area contributed by atoms with Gasteiger partial charge in [0.05, 0.1) is 0 Å². The molecule has 0 spiro atoms. The first-order valence-corrected chi connectivity index (χ1v) is 24.5. The number of fused-ring (bicyclic) bond motifs is 9. The van der Waals surface area contributed by atoms with E-state index in [4.69, 9.17) is 0 Å². The molecule has 1 nitrogen and oxygen atoms in total. The van der Waals surface area contributed by atoms with Crippen LogP contribution >= 0.6 is 0 Å². The lowest BCUT2D eigenvalue weighted by molar-refractivity contribution is 0.584. The van der Waals surface area contributed by atoms with Gasteiger partial charge in [-0.15, -0.1) is 0 Å². The molecule has 0 atom stereocenters. The van der Waals surface area contributed by atoms with Crippen LogP contribution in [0.15, 0.2) is 158 Å². The highest BCUT2D eigenvalue weighted by atomic mass is 15.1. The fourth-order valence-corrected chi connectivity index (χ4v) is 12.1. The Morgan fingerprint density at radius 3 is 1.18 bits per heavy atom. The lowest BCUT2D eigenvalue weighted by Gasteiger charge is -2.30. The Hall–Kier alpha value is -6.44. The van der Waals surface area contributed by atoms with Crippen molar-refractivity contribution in [2.24, 2.45) is 0 Å².